The zero-order valence-corrected chi connectivity index (χ0v) is 20.2. The van der Waals surface area contributed by atoms with Crippen LogP contribution in [0.15, 0.2) is 25.3 Å². The molecule has 0 fully saturated rings. The predicted molar refractivity (Wildman–Crippen MR) is 99.9 cm³/mol. The van der Waals surface area contributed by atoms with E-state index in [2.05, 4.69) is 18.5 Å². The van der Waals surface area contributed by atoms with Gasteiger partial charge in [0.05, 0.1) is 0 Å². The Balaban J connectivity index is 0. The van der Waals surface area contributed by atoms with Crippen molar-refractivity contribution in [2.24, 2.45) is 0 Å². The van der Waals surface area contributed by atoms with E-state index in [9.17, 15) is 91.8 Å². The van der Waals surface area contributed by atoms with Crippen LogP contribution in [-0.2, 0) is 10.1 Å². The maximum Gasteiger partial charge on any atom is 0.438 e. The molecule has 0 spiro atoms. The maximum atomic E-state index is 13.4. The highest BCUT2D eigenvalue weighted by atomic mass is 32.2. The van der Waals surface area contributed by atoms with E-state index >= 15 is 0 Å². The molecule has 0 saturated carbocycles. The average molecular weight is 675 g/mol. The lowest BCUT2D eigenvalue weighted by molar-refractivity contribution is -0.460. The van der Waals surface area contributed by atoms with E-state index < -0.39 is 75.8 Å². The van der Waals surface area contributed by atoms with Crippen LogP contribution in [0.3, 0.4) is 0 Å². The van der Waals surface area contributed by atoms with E-state index in [0.29, 0.717) is 0 Å². The molecule has 0 aromatic heterocycles. The van der Waals surface area contributed by atoms with Crippen molar-refractivity contribution in [3.8, 4) is 0 Å². The van der Waals surface area contributed by atoms with Crippen LogP contribution in [0.25, 0.3) is 0 Å². The number of rotatable bonds is 14. The molecular weight excluding hydrogens is 659 g/mol. The number of nitrogens with one attached hydrogen (secondary N) is 1. The minimum absolute atomic E-state index is 0.791. The topological polar surface area (TPSA) is 66.4 Å². The summed E-state index contributed by atoms with van der Waals surface area (Å²) in [6.45, 7) is 8.01. The quantitative estimate of drug-likeness (QED) is 0.0915. The van der Waals surface area contributed by atoms with Gasteiger partial charge in [0.15, 0.2) is 6.17 Å². The first-order valence-electron chi connectivity index (χ1n) is 9.55. The summed E-state index contributed by atoms with van der Waals surface area (Å²) in [6, 6.07) is 0. The number of alkyl halides is 19. The third kappa shape index (κ3) is 6.22. The minimum atomic E-state index is -9.12. The molecule has 0 aliphatic heterocycles. The lowest BCUT2D eigenvalue weighted by Crippen LogP contribution is -2.76. The van der Waals surface area contributed by atoms with Crippen LogP contribution in [0.2, 0.25) is 0 Å². The number of halogens is 19. The molecule has 41 heavy (non-hydrogen) atoms. The van der Waals surface area contributed by atoms with Gasteiger partial charge in [0.1, 0.15) is 0 Å². The zero-order valence-electron chi connectivity index (χ0n) is 19.4. The molecule has 24 heteroatoms. The standard InChI is InChI=1S/C11H5F19O3S.C6H11N/c1-2(12)3(13,14)4(15,16)5(17,18)6(19,20)7(21,22)8(23,24)9(25,26)10(27,28)11(29,30)34(31,32)33;1-3-5-7-6-4-2/h2H,1H3,(H,31,32,33);3-4,7H,1-2,5-6H2. The van der Waals surface area contributed by atoms with Crippen LogP contribution in [-0.4, -0.2) is 84.9 Å². The SMILES string of the molecule is C=CCNCC=C.CC(F)C(F)(F)C(F)(F)C(F)(F)C(F)(F)C(F)(F)C(F)(F)C(F)(F)C(F)(F)C(F)(F)S(=O)(=O)O. The van der Waals surface area contributed by atoms with Gasteiger partial charge in [-0.2, -0.15) is 87.4 Å². The van der Waals surface area contributed by atoms with Gasteiger partial charge in [0.2, 0.25) is 0 Å². The van der Waals surface area contributed by atoms with Crippen molar-refractivity contribution in [1.82, 2.24) is 5.32 Å². The summed E-state index contributed by atoms with van der Waals surface area (Å²) in [5, 5.41) is -4.91. The van der Waals surface area contributed by atoms with Gasteiger partial charge in [-0.25, -0.2) is 4.39 Å². The van der Waals surface area contributed by atoms with Crippen LogP contribution < -0.4 is 5.32 Å². The van der Waals surface area contributed by atoms with Gasteiger partial charge >= 0.3 is 62.8 Å². The van der Waals surface area contributed by atoms with Gasteiger partial charge in [-0.3, -0.25) is 4.55 Å². The first-order valence-corrected chi connectivity index (χ1v) is 11.0. The summed E-state index contributed by atoms with van der Waals surface area (Å²) in [5.41, 5.74) is 0. The average Bonchev–Trinajstić information content (AvgIpc) is 2.77. The van der Waals surface area contributed by atoms with Crippen LogP contribution >= 0.6 is 0 Å². The number of hydrogen-bond donors (Lipinski definition) is 2. The van der Waals surface area contributed by atoms with E-state index in [0.717, 1.165) is 13.1 Å². The second-order valence-electron chi connectivity index (χ2n) is 7.49. The Labute approximate surface area is 217 Å². The Morgan fingerprint density at radius 1 is 0.610 bits per heavy atom. The van der Waals surface area contributed by atoms with Crippen molar-refractivity contribution in [2.75, 3.05) is 13.1 Å². The molecule has 1 atom stereocenters. The van der Waals surface area contributed by atoms with Gasteiger partial charge in [0, 0.05) is 13.1 Å². The molecule has 2 N–H and O–H groups in total. The van der Waals surface area contributed by atoms with Gasteiger partial charge in [-0.15, -0.1) is 13.2 Å². The maximum absolute atomic E-state index is 13.4. The highest BCUT2D eigenvalue weighted by Gasteiger charge is 2.97. The third-order valence-electron chi connectivity index (χ3n) is 4.55. The summed E-state index contributed by atoms with van der Waals surface area (Å²) in [5.74, 6) is -68.8. The molecule has 0 aromatic carbocycles. The molecule has 0 aromatic rings. The van der Waals surface area contributed by atoms with Crippen molar-refractivity contribution in [3.63, 3.8) is 0 Å². The van der Waals surface area contributed by atoms with Crippen molar-refractivity contribution >= 4 is 10.1 Å². The van der Waals surface area contributed by atoms with E-state index in [1.54, 1.807) is 0 Å². The highest BCUT2D eigenvalue weighted by molar-refractivity contribution is 7.87. The summed E-state index contributed by atoms with van der Waals surface area (Å²) >= 11 is 0. The van der Waals surface area contributed by atoms with Gasteiger partial charge < -0.3 is 5.32 Å². The normalized spacial score (nSPS) is 16.0. The van der Waals surface area contributed by atoms with E-state index in [1.165, 1.54) is 0 Å². The molecule has 0 heterocycles. The minimum Gasteiger partial charge on any atom is -0.310 e. The Bertz CT molecular complexity index is 1020. The predicted octanol–water partition coefficient (Wildman–Crippen LogP) is 6.86. The first kappa shape index (κ1) is 41.2. The first-order chi connectivity index (χ1) is 17.6. The lowest BCUT2D eigenvalue weighted by Gasteiger charge is -2.44. The van der Waals surface area contributed by atoms with E-state index in [-0.39, 0.29) is 0 Å². The van der Waals surface area contributed by atoms with Gasteiger partial charge in [-0.1, -0.05) is 12.2 Å². The van der Waals surface area contributed by atoms with E-state index in [4.69, 9.17) is 4.55 Å². The van der Waals surface area contributed by atoms with E-state index in [1.807, 2.05) is 12.2 Å². The summed E-state index contributed by atoms with van der Waals surface area (Å²) in [4.78, 5) is 0. The van der Waals surface area contributed by atoms with Gasteiger partial charge in [-0.05, 0) is 6.92 Å². The lowest BCUT2D eigenvalue weighted by atomic mass is 9.87. The fourth-order valence-electron chi connectivity index (χ4n) is 2.08. The van der Waals surface area contributed by atoms with Crippen LogP contribution in [0.1, 0.15) is 6.92 Å². The molecular formula is C17H16F19NO3S. The summed E-state index contributed by atoms with van der Waals surface area (Å²) in [6.07, 6.45) is -1.02. The molecule has 0 amide bonds. The van der Waals surface area contributed by atoms with Crippen molar-refractivity contribution < 1.29 is 96.4 Å². The monoisotopic (exact) mass is 675 g/mol. The van der Waals surface area contributed by atoms with Crippen molar-refractivity contribution in [1.29, 1.82) is 0 Å². The number of hydrogen-bond acceptors (Lipinski definition) is 3. The van der Waals surface area contributed by atoms with Crippen molar-refractivity contribution in [2.45, 2.75) is 65.7 Å². The second kappa shape index (κ2) is 12.0. The Morgan fingerprint density at radius 3 is 1.07 bits per heavy atom. The summed E-state index contributed by atoms with van der Waals surface area (Å²) < 4.78 is 278. The second-order valence-corrected chi connectivity index (χ2v) is 8.95. The van der Waals surface area contributed by atoms with Crippen molar-refractivity contribution in [3.05, 3.63) is 25.3 Å². The highest BCUT2D eigenvalue weighted by Crippen LogP contribution is 2.65. The smallest absolute Gasteiger partial charge is 0.310 e. The summed E-state index contributed by atoms with van der Waals surface area (Å²) in [7, 11) is -8.00. The zero-order chi connectivity index (χ0) is 34.1. The van der Waals surface area contributed by atoms with Crippen LogP contribution in [0.4, 0.5) is 83.4 Å². The molecule has 4 nitrogen and oxygen atoms in total. The molecule has 0 aliphatic rings. The molecule has 0 aliphatic carbocycles. The Kier molecular flexibility index (Phi) is 12.0. The fourth-order valence-corrected chi connectivity index (χ4v) is 2.53. The third-order valence-corrected chi connectivity index (χ3v) is 5.46. The molecule has 0 radical (unpaired) electrons. The Morgan fingerprint density at radius 2 is 0.854 bits per heavy atom. The molecule has 0 bridgehead atoms. The van der Waals surface area contributed by atoms with Crippen LogP contribution in [0.5, 0.6) is 0 Å². The Hall–Kier alpha value is -1.98. The fraction of sp³-hybridized carbons (Fsp3) is 0.765. The molecule has 0 rings (SSSR count). The molecule has 1 unspecified atom stereocenters. The van der Waals surface area contributed by atoms with Gasteiger partial charge in [0.25, 0.3) is 0 Å². The van der Waals surface area contributed by atoms with Crippen LogP contribution in [0, 0.1) is 0 Å². The molecule has 0 saturated heterocycles. The largest absolute Gasteiger partial charge is 0.438 e. The molecule has 246 valence electrons.